The number of aliphatic hydroxyl groups excluding tert-OH is 1. The number of unbranched alkanes of at least 4 members (excludes halogenated alkanes) is 1. The minimum Gasteiger partial charge on any atom is -0.458 e. The molecule has 0 saturated carbocycles. The lowest BCUT2D eigenvalue weighted by Gasteiger charge is -2.48. The van der Waals surface area contributed by atoms with Gasteiger partial charge in [0, 0.05) is 54.8 Å². The molecule has 0 aromatic carbocycles. The van der Waals surface area contributed by atoms with Gasteiger partial charge in [0.1, 0.15) is 11.9 Å². The minimum absolute atomic E-state index is 0.0261. The van der Waals surface area contributed by atoms with Gasteiger partial charge < -0.3 is 38.6 Å². The molecule has 3 heterocycles. The number of methoxy groups -OCH3 is 1. The Morgan fingerprint density at radius 1 is 1.06 bits per heavy atom. The molecule has 0 aromatic rings. The lowest BCUT2D eigenvalue weighted by Crippen LogP contribution is -2.59. The van der Waals surface area contributed by atoms with E-state index in [-0.39, 0.29) is 43.4 Å². The summed E-state index contributed by atoms with van der Waals surface area (Å²) >= 11 is 0. The van der Waals surface area contributed by atoms with Gasteiger partial charge in [0.05, 0.1) is 35.9 Å². The Hall–Kier alpha value is -2.48. The highest BCUT2D eigenvalue weighted by molar-refractivity contribution is 5.85. The number of fused-ring (bicyclic) bond motifs is 1. The number of hydrogen-bond donors (Lipinski definition) is 1. The van der Waals surface area contributed by atoms with Crippen LogP contribution in [0.1, 0.15) is 94.4 Å². The molecular weight excluding hydrogens is 646 g/mol. The predicted molar refractivity (Wildman–Crippen MR) is 187 cm³/mol. The number of ether oxygens (including phenoxy) is 5. The number of nitrogens with zero attached hydrogens (tertiary/aromatic N) is 5. The molecule has 0 radical (unpaired) electrons. The fraction of sp³-hybridized carbons (Fsp3) is 0.917. The number of Topliss-reactive ketones (excluding diaryl/α,β-unsaturated/α-hetero) is 1. The van der Waals surface area contributed by atoms with Gasteiger partial charge in [-0.2, -0.15) is 0 Å². The Morgan fingerprint density at radius 2 is 1.72 bits per heavy atom. The second-order valence-electron chi connectivity index (χ2n) is 15.6. The number of hydrogen-bond acceptors (Lipinski definition) is 11. The molecule has 50 heavy (non-hydrogen) atoms. The number of carbonyl (C=O) groups is 3. The van der Waals surface area contributed by atoms with Crippen LogP contribution in [0.3, 0.4) is 0 Å². The third-order valence-corrected chi connectivity index (χ3v) is 11.7. The van der Waals surface area contributed by atoms with E-state index in [1.54, 1.807) is 32.8 Å². The van der Waals surface area contributed by atoms with Crippen LogP contribution >= 0.6 is 0 Å². The van der Waals surface area contributed by atoms with Crippen LogP contribution in [-0.2, 0) is 33.3 Å². The van der Waals surface area contributed by atoms with Crippen molar-refractivity contribution >= 4 is 17.8 Å². The average molecular weight is 710 g/mol. The SMILES string of the molecule is CC[C@H]1OC(=O)[C@H](C)[C@@H](O)[C@H](C)[C@@H](OC2O[C@H](C)C[C@H](N(C)C)C2C)[C@@](C)(OC)C[C@@H](C)C(=O)[C@H](C)[C@H]2N(CCCCN=[N+]=[N-])C(=O)O[C@]12C. The third kappa shape index (κ3) is 8.75. The summed E-state index contributed by atoms with van der Waals surface area (Å²) in [4.78, 5) is 48.4. The first-order valence-corrected chi connectivity index (χ1v) is 18.3. The number of azide groups is 1. The first-order chi connectivity index (χ1) is 23.4. The molecule has 1 amide bonds. The molecule has 0 spiro atoms. The molecule has 3 fully saturated rings. The van der Waals surface area contributed by atoms with Gasteiger partial charge in [0.15, 0.2) is 11.9 Å². The number of cyclic esters (lactones) is 1. The summed E-state index contributed by atoms with van der Waals surface area (Å²) in [5, 5.41) is 15.4. The topological polar surface area (TPSA) is 173 Å². The van der Waals surface area contributed by atoms with E-state index in [9.17, 15) is 19.5 Å². The van der Waals surface area contributed by atoms with E-state index in [0.717, 1.165) is 6.42 Å². The number of esters is 1. The van der Waals surface area contributed by atoms with Gasteiger partial charge in [0.25, 0.3) is 0 Å². The fourth-order valence-corrected chi connectivity index (χ4v) is 8.70. The van der Waals surface area contributed by atoms with E-state index >= 15 is 0 Å². The van der Waals surface area contributed by atoms with Crippen LogP contribution in [0.2, 0.25) is 0 Å². The zero-order valence-corrected chi connectivity index (χ0v) is 32.3. The number of ketones is 1. The Balaban J connectivity index is 2.10. The summed E-state index contributed by atoms with van der Waals surface area (Å²) in [6.45, 7) is 17.2. The van der Waals surface area contributed by atoms with Crippen molar-refractivity contribution in [1.29, 1.82) is 0 Å². The zero-order valence-electron chi connectivity index (χ0n) is 32.3. The number of rotatable bonds is 10. The van der Waals surface area contributed by atoms with Crippen molar-refractivity contribution in [3.8, 4) is 0 Å². The highest BCUT2D eigenvalue weighted by Gasteiger charge is 2.60. The third-order valence-electron chi connectivity index (χ3n) is 11.7. The van der Waals surface area contributed by atoms with Gasteiger partial charge >= 0.3 is 12.1 Å². The second-order valence-corrected chi connectivity index (χ2v) is 15.6. The van der Waals surface area contributed by atoms with Gasteiger partial charge in [-0.3, -0.25) is 9.59 Å². The maximum absolute atomic E-state index is 14.5. The molecule has 3 saturated heterocycles. The van der Waals surface area contributed by atoms with Crippen molar-refractivity contribution in [2.24, 2.45) is 34.7 Å². The molecule has 3 aliphatic rings. The molecule has 1 N–H and O–H groups in total. The normalized spacial score (nSPS) is 42.0. The van der Waals surface area contributed by atoms with Crippen molar-refractivity contribution < 1.29 is 43.2 Å². The van der Waals surface area contributed by atoms with Crippen molar-refractivity contribution in [3.05, 3.63) is 10.4 Å². The Kier molecular flexibility index (Phi) is 14.6. The number of amides is 1. The zero-order chi connectivity index (χ0) is 37.7. The molecule has 0 aromatic heterocycles. The Bertz CT molecular complexity index is 1230. The highest BCUT2D eigenvalue weighted by atomic mass is 16.7. The summed E-state index contributed by atoms with van der Waals surface area (Å²) in [5.41, 5.74) is 6.22. The van der Waals surface area contributed by atoms with Crippen molar-refractivity contribution in [3.63, 3.8) is 0 Å². The molecular formula is C36H63N5O9. The fourth-order valence-electron chi connectivity index (χ4n) is 8.70. The first kappa shape index (κ1) is 41.9. The molecule has 14 atom stereocenters. The average Bonchev–Trinajstić information content (AvgIpc) is 3.33. The summed E-state index contributed by atoms with van der Waals surface area (Å²) < 4.78 is 31.6. The second kappa shape index (κ2) is 17.4. The number of aliphatic hydroxyl groups is 1. The quantitative estimate of drug-likeness (QED) is 0.102. The molecule has 0 bridgehead atoms. The molecule has 14 heteroatoms. The number of carbonyl (C=O) groups excluding carboxylic acids is 3. The van der Waals surface area contributed by atoms with Crippen LogP contribution in [0.5, 0.6) is 0 Å². The Labute approximate surface area is 298 Å². The largest absolute Gasteiger partial charge is 0.458 e. The van der Waals surface area contributed by atoms with Gasteiger partial charge in [-0.15, -0.1) is 0 Å². The van der Waals surface area contributed by atoms with Crippen LogP contribution in [-0.4, -0.2) is 121 Å². The lowest BCUT2D eigenvalue weighted by atomic mass is 9.73. The van der Waals surface area contributed by atoms with Crippen LogP contribution < -0.4 is 0 Å². The van der Waals surface area contributed by atoms with Crippen molar-refractivity contribution in [2.75, 3.05) is 34.3 Å². The summed E-state index contributed by atoms with van der Waals surface area (Å²) in [6, 6.07) is -0.573. The van der Waals surface area contributed by atoms with Gasteiger partial charge in [0.2, 0.25) is 0 Å². The smallest absolute Gasteiger partial charge is 0.410 e. The standard InChI is InChI=1S/C36H63N5O9/c1-13-27-36(9)30(41(34(45)50-36)17-15-14-16-38-39-37)23(5)28(42)20(2)19-35(8,46-12)31(24(6)29(43)25(7)32(44)48-27)49-33-22(4)26(40(10)11)18-21(3)47-33/h20-27,29-31,33,43H,13-19H2,1-12H3/t20-,21-,22?,23+,24+,25-,26+,27-,29+,30-,31-,33?,35+,36-/m1/s1. The van der Waals surface area contributed by atoms with E-state index in [2.05, 4.69) is 21.8 Å². The van der Waals surface area contributed by atoms with Gasteiger partial charge in [-0.05, 0) is 79.4 Å². The first-order valence-electron chi connectivity index (χ1n) is 18.3. The molecule has 3 aliphatic heterocycles. The molecule has 286 valence electrons. The summed E-state index contributed by atoms with van der Waals surface area (Å²) in [7, 11) is 5.64. The van der Waals surface area contributed by atoms with Gasteiger partial charge in [-0.25, -0.2) is 4.79 Å². The van der Waals surface area contributed by atoms with Crippen molar-refractivity contribution in [1.82, 2.24) is 9.80 Å². The maximum Gasteiger partial charge on any atom is 0.410 e. The van der Waals surface area contributed by atoms with E-state index in [4.69, 9.17) is 29.2 Å². The van der Waals surface area contributed by atoms with Crippen LogP contribution in [0, 0.1) is 29.6 Å². The maximum atomic E-state index is 14.5. The highest BCUT2D eigenvalue weighted by Crippen LogP contribution is 2.43. The van der Waals surface area contributed by atoms with E-state index in [1.807, 2.05) is 48.7 Å². The van der Waals surface area contributed by atoms with Crippen LogP contribution in [0.15, 0.2) is 5.11 Å². The summed E-state index contributed by atoms with van der Waals surface area (Å²) in [5.74, 6) is -3.67. The van der Waals surface area contributed by atoms with Crippen molar-refractivity contribution in [2.45, 2.75) is 148 Å². The van der Waals surface area contributed by atoms with E-state index < -0.39 is 77.6 Å². The molecule has 3 rings (SSSR count). The minimum atomic E-state index is -1.36. The van der Waals surface area contributed by atoms with E-state index in [0.29, 0.717) is 19.3 Å². The molecule has 2 unspecified atom stereocenters. The Morgan fingerprint density at radius 3 is 2.30 bits per heavy atom. The lowest BCUT2D eigenvalue weighted by molar-refractivity contribution is -0.287. The molecule has 14 nitrogen and oxygen atoms in total. The predicted octanol–water partition coefficient (Wildman–Crippen LogP) is 5.35. The molecule has 0 aliphatic carbocycles. The van der Waals surface area contributed by atoms with Crippen LogP contribution in [0.4, 0.5) is 4.79 Å². The van der Waals surface area contributed by atoms with Gasteiger partial charge in [-0.1, -0.05) is 39.7 Å². The summed E-state index contributed by atoms with van der Waals surface area (Å²) in [6.07, 6.45) is -1.77. The van der Waals surface area contributed by atoms with E-state index in [1.165, 1.54) is 0 Å². The monoisotopic (exact) mass is 709 g/mol. The van der Waals surface area contributed by atoms with Crippen LogP contribution in [0.25, 0.3) is 10.4 Å².